The summed E-state index contributed by atoms with van der Waals surface area (Å²) in [5.41, 5.74) is 0.450. The van der Waals surface area contributed by atoms with E-state index in [4.69, 9.17) is 4.74 Å². The summed E-state index contributed by atoms with van der Waals surface area (Å²) in [5, 5.41) is 9.45. The van der Waals surface area contributed by atoms with Crippen LogP contribution in [-0.2, 0) is 11.2 Å². The molecule has 1 fully saturated rings. The van der Waals surface area contributed by atoms with Crippen LogP contribution in [-0.4, -0.2) is 23.9 Å². The molecular weight excluding hydrogens is 190 g/mol. The van der Waals surface area contributed by atoms with Crippen LogP contribution in [0, 0.1) is 11.6 Å². The van der Waals surface area contributed by atoms with E-state index in [0.29, 0.717) is 12.2 Å². The number of ether oxygens (including phenoxy) is 1. The molecule has 2 unspecified atom stereocenters. The van der Waals surface area contributed by atoms with Crippen molar-refractivity contribution in [1.82, 2.24) is 0 Å². The maximum absolute atomic E-state index is 12.7. The van der Waals surface area contributed by atoms with Gasteiger partial charge in [0.25, 0.3) is 0 Å². The van der Waals surface area contributed by atoms with E-state index < -0.39 is 17.7 Å². The van der Waals surface area contributed by atoms with Crippen LogP contribution in [0.25, 0.3) is 0 Å². The van der Waals surface area contributed by atoms with E-state index in [0.717, 1.165) is 6.07 Å². The first-order valence-electron chi connectivity index (χ1n) is 4.40. The molecule has 2 nitrogen and oxygen atoms in total. The Morgan fingerprint density at radius 1 is 1.36 bits per heavy atom. The van der Waals surface area contributed by atoms with Gasteiger partial charge in [-0.25, -0.2) is 8.78 Å². The van der Waals surface area contributed by atoms with Crippen molar-refractivity contribution < 1.29 is 18.6 Å². The Balaban J connectivity index is 2.07. The van der Waals surface area contributed by atoms with Gasteiger partial charge in [-0.15, -0.1) is 0 Å². The average molecular weight is 200 g/mol. The van der Waals surface area contributed by atoms with Crippen LogP contribution in [0.1, 0.15) is 5.56 Å². The maximum atomic E-state index is 12.7. The largest absolute Gasteiger partial charge is 0.390 e. The van der Waals surface area contributed by atoms with Crippen molar-refractivity contribution in [3.63, 3.8) is 0 Å². The summed E-state index contributed by atoms with van der Waals surface area (Å²) in [6.07, 6.45) is -0.614. The van der Waals surface area contributed by atoms with Gasteiger partial charge in [-0.05, 0) is 17.7 Å². The zero-order valence-electron chi connectivity index (χ0n) is 7.41. The lowest BCUT2D eigenvalue weighted by atomic mass is 10.1. The van der Waals surface area contributed by atoms with Crippen molar-refractivity contribution in [2.75, 3.05) is 6.61 Å². The van der Waals surface area contributed by atoms with Gasteiger partial charge in [0, 0.05) is 12.5 Å². The van der Waals surface area contributed by atoms with E-state index in [1.165, 1.54) is 12.1 Å². The van der Waals surface area contributed by atoms with Gasteiger partial charge in [0.15, 0.2) is 0 Å². The molecule has 0 bridgehead atoms. The van der Waals surface area contributed by atoms with Crippen LogP contribution in [0.2, 0.25) is 0 Å². The smallest absolute Gasteiger partial charge is 0.126 e. The minimum atomic E-state index is -0.670. The molecule has 1 aliphatic rings. The van der Waals surface area contributed by atoms with Crippen molar-refractivity contribution in [1.29, 1.82) is 0 Å². The summed E-state index contributed by atoms with van der Waals surface area (Å²) in [6.45, 7) is 0.527. The van der Waals surface area contributed by atoms with Crippen LogP contribution < -0.4 is 0 Å². The van der Waals surface area contributed by atoms with E-state index in [-0.39, 0.29) is 12.5 Å². The topological polar surface area (TPSA) is 32.8 Å². The summed E-state index contributed by atoms with van der Waals surface area (Å²) in [4.78, 5) is 0. The second-order valence-corrected chi connectivity index (χ2v) is 3.42. The van der Waals surface area contributed by atoms with E-state index in [1.54, 1.807) is 0 Å². The number of aliphatic hydroxyl groups is 1. The molecule has 1 N–H and O–H groups in total. The quantitative estimate of drug-likeness (QED) is 0.745. The molecule has 76 valence electrons. The lowest BCUT2D eigenvalue weighted by Crippen LogP contribution is -2.17. The molecule has 0 spiro atoms. The first-order valence-corrected chi connectivity index (χ1v) is 4.40. The third kappa shape index (κ3) is 2.27. The maximum Gasteiger partial charge on any atom is 0.126 e. The number of benzene rings is 1. The molecule has 2 atom stereocenters. The fourth-order valence-electron chi connectivity index (χ4n) is 1.38. The summed E-state index contributed by atoms with van der Waals surface area (Å²) in [6, 6.07) is 3.24. The van der Waals surface area contributed by atoms with Crippen molar-refractivity contribution in [3.05, 3.63) is 35.4 Å². The molecule has 1 aliphatic heterocycles. The predicted molar refractivity (Wildman–Crippen MR) is 45.8 cm³/mol. The molecule has 14 heavy (non-hydrogen) atoms. The molecule has 0 aromatic heterocycles. The fourth-order valence-corrected chi connectivity index (χ4v) is 1.38. The number of halogens is 2. The number of epoxide rings is 1. The summed E-state index contributed by atoms with van der Waals surface area (Å²) >= 11 is 0. The molecule has 4 heteroatoms. The van der Waals surface area contributed by atoms with Gasteiger partial charge in [-0.3, -0.25) is 0 Å². The molecule has 0 radical (unpaired) electrons. The van der Waals surface area contributed by atoms with Crippen LogP contribution >= 0.6 is 0 Å². The van der Waals surface area contributed by atoms with Gasteiger partial charge < -0.3 is 9.84 Å². The molecule has 0 saturated carbocycles. The summed E-state index contributed by atoms with van der Waals surface area (Å²) in [7, 11) is 0. The molecule has 2 rings (SSSR count). The third-order valence-corrected chi connectivity index (χ3v) is 2.16. The Morgan fingerprint density at radius 2 is 1.93 bits per heavy atom. The normalized spacial score (nSPS) is 22.1. The van der Waals surface area contributed by atoms with Crippen molar-refractivity contribution in [2.45, 2.75) is 18.6 Å². The lowest BCUT2D eigenvalue weighted by molar-refractivity contribution is 0.135. The van der Waals surface area contributed by atoms with E-state index in [2.05, 4.69) is 0 Å². The standard InChI is InChI=1S/C10H10F2O2/c11-7-1-6(2-8(12)4-7)3-9(13)10-5-14-10/h1-2,4,9-10,13H,3,5H2. The predicted octanol–water partition coefficient (Wildman–Crippen LogP) is 1.27. The van der Waals surface area contributed by atoms with E-state index >= 15 is 0 Å². The van der Waals surface area contributed by atoms with E-state index in [1.807, 2.05) is 0 Å². The Labute approximate surface area is 80.1 Å². The van der Waals surface area contributed by atoms with Crippen molar-refractivity contribution >= 4 is 0 Å². The minimum absolute atomic E-state index is 0.165. The van der Waals surface area contributed by atoms with Gasteiger partial charge in [0.2, 0.25) is 0 Å². The summed E-state index contributed by atoms with van der Waals surface area (Å²) in [5.74, 6) is -1.24. The zero-order valence-corrected chi connectivity index (χ0v) is 7.41. The van der Waals surface area contributed by atoms with Crippen LogP contribution in [0.15, 0.2) is 18.2 Å². The van der Waals surface area contributed by atoms with Gasteiger partial charge >= 0.3 is 0 Å². The zero-order chi connectivity index (χ0) is 10.1. The molecular formula is C10H10F2O2. The molecule has 1 heterocycles. The average Bonchev–Trinajstić information content (AvgIpc) is 2.82. The second kappa shape index (κ2) is 3.63. The number of hydrogen-bond acceptors (Lipinski definition) is 2. The Kier molecular flexibility index (Phi) is 2.48. The Bertz CT molecular complexity index is 317. The molecule has 1 aromatic rings. The number of hydrogen-bond donors (Lipinski definition) is 1. The van der Waals surface area contributed by atoms with E-state index in [9.17, 15) is 13.9 Å². The fraction of sp³-hybridized carbons (Fsp3) is 0.400. The molecule has 0 amide bonds. The highest BCUT2D eigenvalue weighted by molar-refractivity contribution is 5.19. The SMILES string of the molecule is OC(Cc1cc(F)cc(F)c1)C1CO1. The first kappa shape index (κ1) is 9.55. The van der Waals surface area contributed by atoms with Crippen LogP contribution in [0.3, 0.4) is 0 Å². The Morgan fingerprint density at radius 3 is 2.43 bits per heavy atom. The van der Waals surface area contributed by atoms with Gasteiger partial charge in [0.05, 0.1) is 12.7 Å². The Hall–Kier alpha value is -1.00. The van der Waals surface area contributed by atoms with Gasteiger partial charge in [-0.2, -0.15) is 0 Å². The highest BCUT2D eigenvalue weighted by Gasteiger charge is 2.31. The van der Waals surface area contributed by atoms with Crippen molar-refractivity contribution in [3.8, 4) is 0 Å². The third-order valence-electron chi connectivity index (χ3n) is 2.16. The number of rotatable bonds is 3. The van der Waals surface area contributed by atoms with Crippen molar-refractivity contribution in [2.24, 2.45) is 0 Å². The van der Waals surface area contributed by atoms with Gasteiger partial charge in [0.1, 0.15) is 17.7 Å². The van der Waals surface area contributed by atoms with Gasteiger partial charge in [-0.1, -0.05) is 0 Å². The molecule has 1 saturated heterocycles. The van der Waals surface area contributed by atoms with Crippen LogP contribution in [0.4, 0.5) is 8.78 Å². The summed E-state index contributed by atoms with van der Waals surface area (Å²) < 4.78 is 30.3. The van der Waals surface area contributed by atoms with Crippen LogP contribution in [0.5, 0.6) is 0 Å². The molecule has 1 aromatic carbocycles. The highest BCUT2D eigenvalue weighted by Crippen LogP contribution is 2.18. The number of aliphatic hydroxyl groups excluding tert-OH is 1. The highest BCUT2D eigenvalue weighted by atomic mass is 19.1. The monoisotopic (exact) mass is 200 g/mol. The molecule has 0 aliphatic carbocycles. The lowest BCUT2D eigenvalue weighted by Gasteiger charge is -2.07. The first-order chi connectivity index (χ1) is 6.65. The minimum Gasteiger partial charge on any atom is -0.390 e. The second-order valence-electron chi connectivity index (χ2n) is 3.42.